The summed E-state index contributed by atoms with van der Waals surface area (Å²) in [5.41, 5.74) is 0.598. The van der Waals surface area contributed by atoms with Crippen LogP contribution in [-0.4, -0.2) is 19.9 Å². The Bertz CT molecular complexity index is 389. The molecule has 0 saturated heterocycles. The van der Waals surface area contributed by atoms with Gasteiger partial charge in [0.2, 0.25) is 5.13 Å². The van der Waals surface area contributed by atoms with Crippen molar-refractivity contribution >= 4 is 22.4 Å². The van der Waals surface area contributed by atoms with Crippen LogP contribution in [0.2, 0.25) is 0 Å². The van der Waals surface area contributed by atoms with Gasteiger partial charge in [-0.3, -0.25) is 0 Å². The maximum Gasteiger partial charge on any atom is 0.229 e. The third-order valence-corrected chi connectivity index (χ3v) is 1.96. The number of nitrogens with one attached hydrogen (secondary N) is 1. The predicted molar refractivity (Wildman–Crippen MR) is 49.1 cm³/mol. The minimum atomic E-state index is 0.178. The van der Waals surface area contributed by atoms with E-state index in [1.807, 2.05) is 6.07 Å². The Labute approximate surface area is 78.2 Å². The number of anilines is 2. The summed E-state index contributed by atoms with van der Waals surface area (Å²) in [6.07, 6.45) is 0. The monoisotopic (exact) mass is 194 g/mol. The van der Waals surface area contributed by atoms with Gasteiger partial charge in [0, 0.05) is 11.5 Å². The van der Waals surface area contributed by atoms with Gasteiger partial charge in [0.1, 0.15) is 5.75 Å². The molecular weight excluding hydrogens is 188 g/mol. The first kappa shape index (κ1) is 7.93. The van der Waals surface area contributed by atoms with E-state index in [1.54, 1.807) is 18.2 Å². The number of aromatic hydroxyl groups is 1. The van der Waals surface area contributed by atoms with Crippen molar-refractivity contribution in [2.45, 2.75) is 0 Å². The van der Waals surface area contributed by atoms with Crippen LogP contribution in [0.3, 0.4) is 0 Å². The molecule has 1 heterocycles. The van der Waals surface area contributed by atoms with Gasteiger partial charge in [-0.25, -0.2) is 0 Å². The summed E-state index contributed by atoms with van der Waals surface area (Å²) in [5.74, 6) is 0.178. The average Bonchev–Trinajstić information content (AvgIpc) is 2.61. The standard InChI is InChI=1S/C7H6N4OS/c12-6-4-2-1-3-5(6)8-7-9-10-11-13-7/h1-4,12H,(H,8,9,11). The largest absolute Gasteiger partial charge is 0.506 e. The minimum absolute atomic E-state index is 0.178. The van der Waals surface area contributed by atoms with E-state index in [1.165, 1.54) is 0 Å². The highest BCUT2D eigenvalue weighted by molar-refractivity contribution is 7.09. The van der Waals surface area contributed by atoms with E-state index < -0.39 is 0 Å². The van der Waals surface area contributed by atoms with E-state index >= 15 is 0 Å². The Morgan fingerprint density at radius 1 is 1.31 bits per heavy atom. The highest BCUT2D eigenvalue weighted by Gasteiger charge is 2.01. The second kappa shape index (κ2) is 3.36. The first-order chi connectivity index (χ1) is 6.36. The number of nitrogens with zero attached hydrogens (tertiary/aromatic N) is 3. The molecule has 0 atom stereocenters. The lowest BCUT2D eigenvalue weighted by Gasteiger charge is -2.02. The van der Waals surface area contributed by atoms with Gasteiger partial charge in [0.25, 0.3) is 0 Å². The number of phenols is 1. The maximum absolute atomic E-state index is 9.38. The zero-order valence-electron chi connectivity index (χ0n) is 6.51. The van der Waals surface area contributed by atoms with Gasteiger partial charge >= 0.3 is 0 Å². The third-order valence-electron chi connectivity index (χ3n) is 1.45. The Morgan fingerprint density at radius 3 is 2.85 bits per heavy atom. The van der Waals surface area contributed by atoms with Crippen LogP contribution in [0.15, 0.2) is 24.3 Å². The van der Waals surface area contributed by atoms with Crippen LogP contribution in [0, 0.1) is 0 Å². The van der Waals surface area contributed by atoms with Crippen LogP contribution in [0.5, 0.6) is 5.75 Å². The van der Waals surface area contributed by atoms with Crippen molar-refractivity contribution in [1.29, 1.82) is 0 Å². The van der Waals surface area contributed by atoms with E-state index in [0.29, 0.717) is 10.8 Å². The van der Waals surface area contributed by atoms with Crippen molar-refractivity contribution < 1.29 is 5.11 Å². The van der Waals surface area contributed by atoms with Gasteiger partial charge in [0.15, 0.2) is 0 Å². The molecule has 0 aliphatic rings. The molecule has 0 spiro atoms. The normalized spacial score (nSPS) is 9.85. The first-order valence-corrected chi connectivity index (χ1v) is 4.33. The number of rotatable bonds is 2. The lowest BCUT2D eigenvalue weighted by atomic mass is 10.3. The topological polar surface area (TPSA) is 70.9 Å². The number of para-hydroxylation sites is 2. The van der Waals surface area contributed by atoms with Crippen LogP contribution < -0.4 is 5.32 Å². The zero-order valence-corrected chi connectivity index (χ0v) is 7.32. The van der Waals surface area contributed by atoms with Gasteiger partial charge in [-0.1, -0.05) is 21.7 Å². The Hall–Kier alpha value is -1.69. The molecule has 0 bridgehead atoms. The molecule has 5 nitrogen and oxygen atoms in total. The summed E-state index contributed by atoms with van der Waals surface area (Å²) >= 11 is 1.13. The van der Waals surface area contributed by atoms with E-state index in [9.17, 15) is 5.11 Å². The molecule has 0 radical (unpaired) electrons. The third kappa shape index (κ3) is 1.73. The van der Waals surface area contributed by atoms with Crippen LogP contribution in [0.1, 0.15) is 0 Å². The Morgan fingerprint density at radius 2 is 2.15 bits per heavy atom. The SMILES string of the molecule is Oc1ccccc1Nc1nnns1. The Kier molecular flexibility index (Phi) is 2.05. The highest BCUT2D eigenvalue weighted by atomic mass is 32.1. The second-order valence-electron chi connectivity index (χ2n) is 2.31. The van der Waals surface area contributed by atoms with Crippen molar-refractivity contribution in [2.24, 2.45) is 0 Å². The fourth-order valence-corrected chi connectivity index (χ4v) is 1.26. The average molecular weight is 194 g/mol. The Balaban J connectivity index is 2.24. The molecule has 1 aromatic carbocycles. The molecule has 0 amide bonds. The molecule has 2 aromatic rings. The number of hydrogen-bond donors (Lipinski definition) is 2. The fourth-order valence-electron chi connectivity index (χ4n) is 0.876. The molecule has 0 unspecified atom stereocenters. The van der Waals surface area contributed by atoms with Crippen molar-refractivity contribution in [3.8, 4) is 5.75 Å². The summed E-state index contributed by atoms with van der Waals surface area (Å²) in [6.45, 7) is 0. The van der Waals surface area contributed by atoms with E-state index in [-0.39, 0.29) is 5.75 Å². The van der Waals surface area contributed by atoms with E-state index in [4.69, 9.17) is 0 Å². The maximum atomic E-state index is 9.38. The summed E-state index contributed by atoms with van der Waals surface area (Å²) in [7, 11) is 0. The number of aromatic nitrogens is 3. The molecule has 1 aromatic heterocycles. The lowest BCUT2D eigenvalue weighted by molar-refractivity contribution is 0.478. The summed E-state index contributed by atoms with van der Waals surface area (Å²) in [5, 5.41) is 19.9. The molecule has 66 valence electrons. The lowest BCUT2D eigenvalue weighted by Crippen LogP contribution is -1.89. The quantitative estimate of drug-likeness (QED) is 0.707. The van der Waals surface area contributed by atoms with Crippen LogP contribution in [0.25, 0.3) is 0 Å². The molecule has 2 rings (SSSR count). The summed E-state index contributed by atoms with van der Waals surface area (Å²) < 4.78 is 3.58. The molecule has 6 heteroatoms. The van der Waals surface area contributed by atoms with Crippen molar-refractivity contribution in [2.75, 3.05) is 5.32 Å². The second-order valence-corrected chi connectivity index (χ2v) is 3.04. The molecule has 0 saturated carbocycles. The predicted octanol–water partition coefficient (Wildman–Crippen LogP) is 1.38. The van der Waals surface area contributed by atoms with Gasteiger partial charge in [0.05, 0.1) is 5.69 Å². The number of hydrogen-bond acceptors (Lipinski definition) is 6. The molecular formula is C7H6N4OS. The van der Waals surface area contributed by atoms with Crippen molar-refractivity contribution in [3.05, 3.63) is 24.3 Å². The zero-order chi connectivity index (χ0) is 9.10. The molecule has 13 heavy (non-hydrogen) atoms. The van der Waals surface area contributed by atoms with Crippen LogP contribution in [0.4, 0.5) is 10.8 Å². The van der Waals surface area contributed by atoms with E-state index in [2.05, 4.69) is 20.1 Å². The molecule has 0 aliphatic heterocycles. The number of benzene rings is 1. The minimum Gasteiger partial charge on any atom is -0.506 e. The van der Waals surface area contributed by atoms with Crippen LogP contribution in [-0.2, 0) is 0 Å². The van der Waals surface area contributed by atoms with Gasteiger partial charge in [-0.15, -0.1) is 0 Å². The van der Waals surface area contributed by atoms with E-state index in [0.717, 1.165) is 11.5 Å². The fraction of sp³-hybridized carbons (Fsp3) is 0. The summed E-state index contributed by atoms with van der Waals surface area (Å²) in [6, 6.07) is 6.91. The highest BCUT2D eigenvalue weighted by Crippen LogP contribution is 2.25. The first-order valence-electron chi connectivity index (χ1n) is 3.56. The van der Waals surface area contributed by atoms with Gasteiger partial charge in [-0.05, 0) is 17.3 Å². The van der Waals surface area contributed by atoms with Crippen molar-refractivity contribution in [3.63, 3.8) is 0 Å². The number of phenolic OH excluding ortho intramolecular Hbond substituents is 1. The van der Waals surface area contributed by atoms with Crippen molar-refractivity contribution in [1.82, 2.24) is 14.8 Å². The molecule has 0 fully saturated rings. The summed E-state index contributed by atoms with van der Waals surface area (Å²) in [4.78, 5) is 0. The van der Waals surface area contributed by atoms with Crippen LogP contribution >= 0.6 is 11.5 Å². The molecule has 0 aliphatic carbocycles. The van der Waals surface area contributed by atoms with Gasteiger partial charge < -0.3 is 10.4 Å². The smallest absolute Gasteiger partial charge is 0.229 e. The molecule has 2 N–H and O–H groups in total. The van der Waals surface area contributed by atoms with Gasteiger partial charge in [-0.2, -0.15) is 0 Å².